The van der Waals surface area contributed by atoms with E-state index in [1.807, 2.05) is 12.4 Å². The first-order valence-electron chi connectivity index (χ1n) is 7.10. The van der Waals surface area contributed by atoms with Gasteiger partial charge < -0.3 is 5.32 Å². The van der Waals surface area contributed by atoms with Crippen molar-refractivity contribution in [2.45, 2.75) is 46.1 Å². The molecule has 0 aliphatic heterocycles. The fraction of sp³-hybridized carbons (Fsp3) is 0.438. The lowest BCUT2D eigenvalue weighted by Crippen LogP contribution is -2.13. The molecule has 3 nitrogen and oxygen atoms in total. The van der Waals surface area contributed by atoms with E-state index in [2.05, 4.69) is 59.9 Å². The minimum atomic E-state index is 0.380. The van der Waals surface area contributed by atoms with Gasteiger partial charge in [-0.05, 0) is 44.4 Å². The van der Waals surface area contributed by atoms with Crippen molar-refractivity contribution in [3.63, 3.8) is 0 Å². The van der Waals surface area contributed by atoms with Crippen LogP contribution in [0, 0.1) is 0 Å². The van der Waals surface area contributed by atoms with Crippen LogP contribution in [0.1, 0.15) is 39.2 Å². The molecule has 2 aromatic rings. The molecule has 0 saturated carbocycles. The Balaban J connectivity index is 2.15. The van der Waals surface area contributed by atoms with Crippen LogP contribution in [0.5, 0.6) is 0 Å². The van der Waals surface area contributed by atoms with Gasteiger partial charge in [-0.3, -0.25) is 4.57 Å². The number of nitrogens with one attached hydrogen (secondary N) is 1. The van der Waals surface area contributed by atoms with Crippen molar-refractivity contribution in [3.05, 3.63) is 42.2 Å². The molecule has 0 radical (unpaired) electrons. The molecule has 1 aromatic carbocycles. The van der Waals surface area contributed by atoms with Crippen LogP contribution >= 0.6 is 0 Å². The van der Waals surface area contributed by atoms with E-state index < -0.39 is 0 Å². The van der Waals surface area contributed by atoms with Crippen LogP contribution in [0.25, 0.3) is 5.69 Å². The zero-order chi connectivity index (χ0) is 13.7. The van der Waals surface area contributed by atoms with E-state index in [0.29, 0.717) is 6.04 Å². The lowest BCUT2D eigenvalue weighted by molar-refractivity contribution is 0.794. The molecule has 0 aliphatic carbocycles. The van der Waals surface area contributed by atoms with Gasteiger partial charge in [0, 0.05) is 24.1 Å². The maximum atomic E-state index is 4.36. The molecule has 0 aliphatic rings. The summed E-state index contributed by atoms with van der Waals surface area (Å²) in [5.41, 5.74) is 2.56. The van der Waals surface area contributed by atoms with Crippen LogP contribution in [0.3, 0.4) is 0 Å². The van der Waals surface area contributed by atoms with Gasteiger partial charge in [-0.25, -0.2) is 4.98 Å². The van der Waals surface area contributed by atoms with Crippen LogP contribution in [0.2, 0.25) is 0 Å². The zero-order valence-corrected chi connectivity index (χ0v) is 12.1. The number of aryl methyl sites for hydroxylation is 1. The van der Waals surface area contributed by atoms with E-state index in [1.165, 1.54) is 18.4 Å². The van der Waals surface area contributed by atoms with E-state index in [1.54, 1.807) is 0 Å². The Morgan fingerprint density at radius 2 is 1.95 bits per heavy atom. The third-order valence-corrected chi connectivity index (χ3v) is 3.09. The highest BCUT2D eigenvalue weighted by molar-refractivity contribution is 5.43. The summed E-state index contributed by atoms with van der Waals surface area (Å²) >= 11 is 0. The second kappa shape index (κ2) is 6.41. The topological polar surface area (TPSA) is 29.9 Å². The van der Waals surface area contributed by atoms with Crippen molar-refractivity contribution in [1.29, 1.82) is 0 Å². The molecule has 0 fully saturated rings. The number of imidazole rings is 1. The summed E-state index contributed by atoms with van der Waals surface area (Å²) in [5, 5.41) is 3.35. The molecular formula is C16H23N3. The summed E-state index contributed by atoms with van der Waals surface area (Å²) in [7, 11) is 0. The van der Waals surface area contributed by atoms with Gasteiger partial charge in [0.05, 0.1) is 0 Å². The number of anilines is 1. The fourth-order valence-corrected chi connectivity index (χ4v) is 2.08. The van der Waals surface area contributed by atoms with Crippen molar-refractivity contribution in [3.8, 4) is 5.69 Å². The normalized spacial score (nSPS) is 10.9. The highest BCUT2D eigenvalue weighted by atomic mass is 15.2. The average molecular weight is 257 g/mol. The van der Waals surface area contributed by atoms with Crippen molar-refractivity contribution in [2.24, 2.45) is 0 Å². The highest BCUT2D eigenvalue weighted by Crippen LogP contribution is 2.16. The Hall–Kier alpha value is -1.77. The predicted octanol–water partition coefficient (Wildman–Crippen LogP) is 4.04. The molecular weight excluding hydrogens is 234 g/mol. The number of aromatic nitrogens is 2. The van der Waals surface area contributed by atoms with Gasteiger partial charge >= 0.3 is 0 Å². The molecule has 3 heteroatoms. The second-order valence-electron chi connectivity index (χ2n) is 5.19. The summed E-state index contributed by atoms with van der Waals surface area (Å²) in [4.78, 5) is 4.36. The average Bonchev–Trinajstić information content (AvgIpc) is 2.84. The first kappa shape index (κ1) is 13.7. The van der Waals surface area contributed by atoms with Crippen molar-refractivity contribution >= 4 is 5.95 Å². The van der Waals surface area contributed by atoms with Crippen molar-refractivity contribution in [2.75, 3.05) is 5.32 Å². The zero-order valence-electron chi connectivity index (χ0n) is 12.1. The van der Waals surface area contributed by atoms with Gasteiger partial charge in [0.1, 0.15) is 0 Å². The molecule has 0 atom stereocenters. The third kappa shape index (κ3) is 3.60. The summed E-state index contributed by atoms with van der Waals surface area (Å²) in [6.07, 6.45) is 7.48. The lowest BCUT2D eigenvalue weighted by atomic mass is 10.1. The van der Waals surface area contributed by atoms with E-state index in [-0.39, 0.29) is 0 Å². The van der Waals surface area contributed by atoms with Crippen LogP contribution in [-0.2, 0) is 6.42 Å². The van der Waals surface area contributed by atoms with Gasteiger partial charge in [-0.1, -0.05) is 25.5 Å². The predicted molar refractivity (Wildman–Crippen MR) is 80.9 cm³/mol. The first-order chi connectivity index (χ1) is 9.20. The smallest absolute Gasteiger partial charge is 0.207 e. The summed E-state index contributed by atoms with van der Waals surface area (Å²) in [5.74, 6) is 0.899. The molecule has 0 unspecified atom stereocenters. The molecule has 0 amide bonds. The van der Waals surface area contributed by atoms with E-state index >= 15 is 0 Å². The molecule has 1 aromatic heterocycles. The number of nitrogens with zero attached hydrogens (tertiary/aromatic N) is 2. The molecule has 0 bridgehead atoms. The Bertz CT molecular complexity index is 497. The van der Waals surface area contributed by atoms with Gasteiger partial charge in [0.25, 0.3) is 0 Å². The number of benzene rings is 1. The number of hydrogen-bond donors (Lipinski definition) is 1. The third-order valence-electron chi connectivity index (χ3n) is 3.09. The summed E-state index contributed by atoms with van der Waals surface area (Å²) in [6.45, 7) is 6.46. The standard InChI is InChI=1S/C16H23N3/c1-4-5-6-14-7-9-15(10-8-14)19-12-11-17-16(19)18-13(2)3/h7-13H,4-6H2,1-3H3,(H,17,18). The monoisotopic (exact) mass is 257 g/mol. The minimum absolute atomic E-state index is 0.380. The SMILES string of the molecule is CCCCc1ccc(-n2ccnc2NC(C)C)cc1. The van der Waals surface area contributed by atoms with Crippen LogP contribution in [0.4, 0.5) is 5.95 Å². The van der Waals surface area contributed by atoms with Crippen LogP contribution < -0.4 is 5.32 Å². The molecule has 0 spiro atoms. The molecule has 2 rings (SSSR count). The molecule has 1 heterocycles. The molecule has 19 heavy (non-hydrogen) atoms. The maximum absolute atomic E-state index is 4.36. The van der Waals surface area contributed by atoms with Gasteiger partial charge in [0.15, 0.2) is 0 Å². The Kier molecular flexibility index (Phi) is 4.61. The largest absolute Gasteiger partial charge is 0.353 e. The molecule has 1 N–H and O–H groups in total. The quantitative estimate of drug-likeness (QED) is 0.846. The van der Waals surface area contributed by atoms with Gasteiger partial charge in [-0.15, -0.1) is 0 Å². The van der Waals surface area contributed by atoms with Crippen LogP contribution in [0.15, 0.2) is 36.7 Å². The maximum Gasteiger partial charge on any atom is 0.207 e. The Morgan fingerprint density at radius 1 is 1.21 bits per heavy atom. The lowest BCUT2D eigenvalue weighted by Gasteiger charge is -2.12. The first-order valence-corrected chi connectivity index (χ1v) is 7.10. The number of rotatable bonds is 6. The van der Waals surface area contributed by atoms with Crippen molar-refractivity contribution < 1.29 is 0 Å². The van der Waals surface area contributed by atoms with Crippen molar-refractivity contribution in [1.82, 2.24) is 9.55 Å². The highest BCUT2D eigenvalue weighted by Gasteiger charge is 2.05. The second-order valence-corrected chi connectivity index (χ2v) is 5.19. The van der Waals surface area contributed by atoms with Gasteiger partial charge in [0.2, 0.25) is 5.95 Å². The van der Waals surface area contributed by atoms with Gasteiger partial charge in [-0.2, -0.15) is 0 Å². The molecule has 102 valence electrons. The summed E-state index contributed by atoms with van der Waals surface area (Å²) < 4.78 is 2.09. The fourth-order valence-electron chi connectivity index (χ4n) is 2.08. The van der Waals surface area contributed by atoms with E-state index in [4.69, 9.17) is 0 Å². The number of unbranched alkanes of at least 4 members (excludes halogenated alkanes) is 1. The number of hydrogen-bond acceptors (Lipinski definition) is 2. The van der Waals surface area contributed by atoms with E-state index in [9.17, 15) is 0 Å². The minimum Gasteiger partial charge on any atom is -0.353 e. The summed E-state index contributed by atoms with van der Waals surface area (Å²) in [6, 6.07) is 9.13. The Morgan fingerprint density at radius 3 is 2.58 bits per heavy atom. The Labute approximate surface area is 115 Å². The van der Waals surface area contributed by atoms with E-state index in [0.717, 1.165) is 18.1 Å². The molecule has 0 saturated heterocycles. The van der Waals surface area contributed by atoms with Crippen LogP contribution in [-0.4, -0.2) is 15.6 Å².